The van der Waals surface area contributed by atoms with E-state index in [2.05, 4.69) is 15.1 Å². The Balaban J connectivity index is 1.05. The van der Waals surface area contributed by atoms with Crippen LogP contribution in [0.2, 0.25) is 0 Å². The van der Waals surface area contributed by atoms with Crippen molar-refractivity contribution >= 4 is 40.7 Å². The lowest BCUT2D eigenvalue weighted by Gasteiger charge is -2.40. The molecule has 0 aromatic heterocycles. The lowest BCUT2D eigenvalue weighted by atomic mass is 9.95. The number of anilines is 2. The van der Waals surface area contributed by atoms with E-state index in [-0.39, 0.29) is 24.2 Å². The van der Waals surface area contributed by atoms with E-state index in [1.165, 1.54) is 13.2 Å². The van der Waals surface area contributed by atoms with E-state index in [9.17, 15) is 33.7 Å². The highest BCUT2D eigenvalue weighted by Crippen LogP contribution is 2.37. The van der Waals surface area contributed by atoms with E-state index in [1.807, 2.05) is 11.0 Å². The lowest BCUT2D eigenvalue weighted by Crippen LogP contribution is -2.54. The number of amides is 4. The van der Waals surface area contributed by atoms with Crippen LogP contribution in [0.1, 0.15) is 46.4 Å². The number of methoxy groups -OCH3 is 1. The smallest absolute Gasteiger partial charge is 0.313 e. The Labute approximate surface area is 252 Å². The summed E-state index contributed by atoms with van der Waals surface area (Å²) in [6.45, 7) is 4.96. The molecule has 1 N–H and O–H groups in total. The average Bonchev–Trinajstić information content (AvgIpc) is 3.27. The molecule has 6 rings (SSSR count). The van der Waals surface area contributed by atoms with Crippen molar-refractivity contribution in [2.45, 2.75) is 31.7 Å². The van der Waals surface area contributed by atoms with E-state index in [4.69, 9.17) is 4.74 Å². The molecule has 0 spiro atoms. The van der Waals surface area contributed by atoms with Gasteiger partial charge in [-0.05, 0) is 37.3 Å². The number of nitrogens with zero attached hydrogens (tertiary/aromatic N) is 5. The highest BCUT2D eigenvalue weighted by atomic mass is 19.1. The van der Waals surface area contributed by atoms with Gasteiger partial charge in [-0.25, -0.2) is 4.39 Å². The molecule has 4 aliphatic heterocycles. The number of nitrogens with one attached hydrogen (secondary N) is 1. The van der Waals surface area contributed by atoms with Gasteiger partial charge in [0.1, 0.15) is 6.04 Å². The molecule has 0 radical (unpaired) electrons. The Hall–Kier alpha value is -4.59. The van der Waals surface area contributed by atoms with Crippen molar-refractivity contribution < 1.29 is 33.2 Å². The maximum absolute atomic E-state index is 14.7. The largest absolute Gasteiger partial charge is 0.490 e. The highest BCUT2D eigenvalue weighted by Gasteiger charge is 2.46. The second kappa shape index (κ2) is 11.8. The Bertz CT molecular complexity index is 1530. The van der Waals surface area contributed by atoms with Gasteiger partial charge in [0.2, 0.25) is 11.8 Å². The van der Waals surface area contributed by atoms with Gasteiger partial charge in [0.15, 0.2) is 11.6 Å². The average molecular weight is 609 g/mol. The number of carbonyl (C=O) groups excluding carboxylic acids is 4. The van der Waals surface area contributed by atoms with Gasteiger partial charge in [0.25, 0.3) is 11.8 Å². The second-order valence-electron chi connectivity index (χ2n) is 11.6. The van der Waals surface area contributed by atoms with Gasteiger partial charge in [-0.1, -0.05) is 6.07 Å². The first-order valence-corrected chi connectivity index (χ1v) is 14.7. The van der Waals surface area contributed by atoms with Crippen LogP contribution in [0.5, 0.6) is 5.75 Å². The minimum atomic E-state index is -1.00. The van der Waals surface area contributed by atoms with Crippen molar-refractivity contribution in [3.05, 3.63) is 57.4 Å². The molecular weight excluding hydrogens is 575 g/mol. The molecule has 0 saturated carbocycles. The lowest BCUT2D eigenvalue weighted by molar-refractivity contribution is -0.385. The second-order valence-corrected chi connectivity index (χ2v) is 11.6. The molecule has 0 bridgehead atoms. The molecule has 3 fully saturated rings. The number of halogens is 1. The number of carbonyl (C=O) groups is 4. The molecular formula is C30H33FN6O7. The zero-order chi connectivity index (χ0) is 31.1. The van der Waals surface area contributed by atoms with Crippen LogP contribution >= 0.6 is 0 Å². The number of piperazine rings is 1. The van der Waals surface area contributed by atoms with E-state index in [0.717, 1.165) is 43.4 Å². The predicted molar refractivity (Wildman–Crippen MR) is 156 cm³/mol. The van der Waals surface area contributed by atoms with Crippen LogP contribution in [0, 0.1) is 21.8 Å². The molecule has 44 heavy (non-hydrogen) atoms. The fraction of sp³-hybridized carbons (Fsp3) is 0.467. The number of nitro benzene ring substituents is 1. The molecule has 13 nitrogen and oxygen atoms in total. The van der Waals surface area contributed by atoms with Crippen molar-refractivity contribution in [3.8, 4) is 5.75 Å². The molecule has 3 saturated heterocycles. The third-order valence-corrected chi connectivity index (χ3v) is 9.08. The Morgan fingerprint density at radius 2 is 1.66 bits per heavy atom. The van der Waals surface area contributed by atoms with Crippen LogP contribution in [-0.4, -0.2) is 97.3 Å². The van der Waals surface area contributed by atoms with Crippen molar-refractivity contribution in [3.63, 3.8) is 0 Å². The molecule has 2 aromatic carbocycles. The van der Waals surface area contributed by atoms with Gasteiger partial charge in [-0.3, -0.25) is 44.4 Å². The summed E-state index contributed by atoms with van der Waals surface area (Å²) in [5.41, 5.74) is 1.15. The van der Waals surface area contributed by atoms with Gasteiger partial charge >= 0.3 is 5.69 Å². The summed E-state index contributed by atoms with van der Waals surface area (Å²) in [6.07, 6.45) is 1.87. The van der Waals surface area contributed by atoms with Crippen LogP contribution in [0.4, 0.5) is 21.5 Å². The van der Waals surface area contributed by atoms with Crippen LogP contribution in [0.3, 0.4) is 0 Å². The monoisotopic (exact) mass is 608 g/mol. The number of piperidine rings is 2. The molecule has 0 aliphatic carbocycles. The number of hydrogen-bond donors (Lipinski definition) is 1. The van der Waals surface area contributed by atoms with Gasteiger partial charge in [-0.15, -0.1) is 0 Å². The number of ether oxygens (including phenoxy) is 1. The fourth-order valence-electron chi connectivity index (χ4n) is 6.73. The summed E-state index contributed by atoms with van der Waals surface area (Å²) in [4.78, 5) is 68.7. The molecule has 2 aromatic rings. The maximum atomic E-state index is 14.7. The summed E-state index contributed by atoms with van der Waals surface area (Å²) in [5, 5.41) is 13.4. The zero-order valence-electron chi connectivity index (χ0n) is 24.3. The van der Waals surface area contributed by atoms with Crippen molar-refractivity contribution in [1.29, 1.82) is 0 Å². The Kier molecular flexibility index (Phi) is 7.93. The number of hydrogen-bond acceptors (Lipinski definition) is 10. The predicted octanol–water partition coefficient (Wildman–Crippen LogP) is 2.18. The molecule has 4 aliphatic rings. The van der Waals surface area contributed by atoms with E-state index in [1.54, 1.807) is 12.1 Å². The van der Waals surface area contributed by atoms with E-state index >= 15 is 0 Å². The zero-order valence-corrected chi connectivity index (χ0v) is 24.3. The quantitative estimate of drug-likeness (QED) is 0.282. The minimum absolute atomic E-state index is 0.0326. The summed E-state index contributed by atoms with van der Waals surface area (Å²) in [7, 11) is 1.33. The molecule has 1 unspecified atom stereocenters. The first kappa shape index (κ1) is 29.5. The van der Waals surface area contributed by atoms with Crippen molar-refractivity contribution in [2.24, 2.45) is 5.92 Å². The Morgan fingerprint density at radius 1 is 0.955 bits per heavy atom. The third kappa shape index (κ3) is 5.34. The first-order chi connectivity index (χ1) is 21.2. The third-order valence-electron chi connectivity index (χ3n) is 9.08. The van der Waals surface area contributed by atoms with E-state index in [0.29, 0.717) is 49.0 Å². The summed E-state index contributed by atoms with van der Waals surface area (Å²) in [5.74, 6) is -2.27. The van der Waals surface area contributed by atoms with E-state index < -0.39 is 46.1 Å². The van der Waals surface area contributed by atoms with Gasteiger partial charge in [-0.2, -0.15) is 0 Å². The molecule has 232 valence electrons. The van der Waals surface area contributed by atoms with Crippen LogP contribution in [-0.2, 0) is 9.59 Å². The molecule has 14 heteroatoms. The van der Waals surface area contributed by atoms with Crippen LogP contribution in [0.15, 0.2) is 30.3 Å². The summed E-state index contributed by atoms with van der Waals surface area (Å²) >= 11 is 0. The SMILES string of the molecule is COc1cc(N2CCC(CN3CCN(c4cccc5c4C(=O)N(C4CCC(=O)NC4=O)C5=O)CC3)CC2)c(F)cc1[N+](=O)[O-]. The van der Waals surface area contributed by atoms with Gasteiger partial charge < -0.3 is 14.5 Å². The van der Waals surface area contributed by atoms with Crippen LogP contribution < -0.4 is 19.9 Å². The highest BCUT2D eigenvalue weighted by molar-refractivity contribution is 6.25. The topological polar surface area (TPSA) is 146 Å². The first-order valence-electron chi connectivity index (χ1n) is 14.7. The Morgan fingerprint density at radius 3 is 2.32 bits per heavy atom. The fourth-order valence-corrected chi connectivity index (χ4v) is 6.73. The molecule has 1 atom stereocenters. The molecule has 4 amide bonds. The minimum Gasteiger partial charge on any atom is -0.490 e. The van der Waals surface area contributed by atoms with Crippen LogP contribution in [0.25, 0.3) is 0 Å². The normalized spacial score (nSPS) is 21.5. The number of benzene rings is 2. The van der Waals surface area contributed by atoms with Gasteiger partial charge in [0.05, 0.1) is 40.6 Å². The van der Waals surface area contributed by atoms with Crippen molar-refractivity contribution in [1.82, 2.24) is 15.1 Å². The number of nitro groups is 1. The number of imide groups is 2. The number of rotatable bonds is 7. The summed E-state index contributed by atoms with van der Waals surface area (Å²) in [6, 6.07) is 6.49. The maximum Gasteiger partial charge on any atom is 0.313 e. The van der Waals surface area contributed by atoms with Gasteiger partial charge in [0, 0.05) is 58.3 Å². The standard InChI is InChI=1S/C30H33FN6O7/c1-44-25-16-23(20(31)15-24(25)37(42)43)34-9-7-18(8-10-34)17-33-11-13-35(14-12-33)21-4-2-3-19-27(21)30(41)36(29(19)40)22-5-6-26(38)32-28(22)39/h2-4,15-16,18,22H,5-14,17H2,1H3,(H,32,38,39). The number of fused-ring (bicyclic) bond motifs is 1. The summed E-state index contributed by atoms with van der Waals surface area (Å²) < 4.78 is 19.9. The van der Waals surface area contributed by atoms with Crippen molar-refractivity contribution in [2.75, 3.05) is 62.7 Å². The molecule has 4 heterocycles.